The van der Waals surface area contributed by atoms with Crippen LogP contribution < -0.4 is 5.32 Å². The summed E-state index contributed by atoms with van der Waals surface area (Å²) in [4.78, 5) is 32.1. The van der Waals surface area contributed by atoms with Gasteiger partial charge in [-0.25, -0.2) is 4.79 Å². The molecule has 8 heteroatoms. The number of carbonyl (C=O) groups excluding carboxylic acids is 2. The summed E-state index contributed by atoms with van der Waals surface area (Å²) >= 11 is 0. The van der Waals surface area contributed by atoms with E-state index in [9.17, 15) is 9.59 Å². The molecule has 2 fully saturated rings. The van der Waals surface area contributed by atoms with Crippen LogP contribution in [0.15, 0.2) is 0 Å². The molecule has 120 valence electrons. The molecule has 1 saturated carbocycles. The van der Waals surface area contributed by atoms with E-state index in [1.807, 2.05) is 18.9 Å². The van der Waals surface area contributed by atoms with Crippen molar-refractivity contribution in [2.45, 2.75) is 26.2 Å². The molecule has 1 aromatic rings. The van der Waals surface area contributed by atoms with Crippen LogP contribution in [0.1, 0.15) is 25.6 Å². The van der Waals surface area contributed by atoms with Crippen molar-refractivity contribution in [3.63, 3.8) is 0 Å². The second-order valence-corrected chi connectivity index (χ2v) is 5.85. The van der Waals surface area contributed by atoms with E-state index in [4.69, 9.17) is 0 Å². The summed E-state index contributed by atoms with van der Waals surface area (Å²) in [6.07, 6.45) is 2.80. The van der Waals surface area contributed by atoms with Crippen molar-refractivity contribution in [3.8, 4) is 0 Å². The highest BCUT2D eigenvalue weighted by Crippen LogP contribution is 2.31. The fourth-order valence-electron chi connectivity index (χ4n) is 2.67. The predicted molar refractivity (Wildman–Crippen MR) is 80.3 cm³/mol. The first-order valence-electron chi connectivity index (χ1n) is 7.83. The predicted octanol–water partition coefficient (Wildman–Crippen LogP) is 0.464. The third-order valence-electron chi connectivity index (χ3n) is 4.19. The van der Waals surface area contributed by atoms with Crippen molar-refractivity contribution in [2.24, 2.45) is 13.0 Å². The maximum absolute atomic E-state index is 12.2. The summed E-state index contributed by atoms with van der Waals surface area (Å²) in [5, 5.41) is 6.90. The minimum absolute atomic E-state index is 0.202. The second-order valence-electron chi connectivity index (χ2n) is 5.85. The van der Waals surface area contributed by atoms with Crippen molar-refractivity contribution in [2.75, 3.05) is 31.5 Å². The highest BCUT2D eigenvalue weighted by Gasteiger charge is 2.35. The summed E-state index contributed by atoms with van der Waals surface area (Å²) in [5.41, 5.74) is 0. The van der Waals surface area contributed by atoms with Gasteiger partial charge in [0.05, 0.1) is 0 Å². The Labute approximate surface area is 129 Å². The fraction of sp³-hybridized carbons (Fsp3) is 0.714. The molecular weight excluding hydrogens is 284 g/mol. The number of nitrogens with one attached hydrogen (secondary N) is 1. The molecule has 1 N–H and O–H groups in total. The van der Waals surface area contributed by atoms with Gasteiger partial charge in [0.15, 0.2) is 0 Å². The van der Waals surface area contributed by atoms with E-state index in [-0.39, 0.29) is 17.9 Å². The summed E-state index contributed by atoms with van der Waals surface area (Å²) in [7, 11) is 1.81. The van der Waals surface area contributed by atoms with Gasteiger partial charge in [-0.2, -0.15) is 4.98 Å². The molecular formula is C14H22N6O2. The Bertz CT molecular complexity index is 572. The first-order chi connectivity index (χ1) is 10.6. The van der Waals surface area contributed by atoms with Gasteiger partial charge >= 0.3 is 6.03 Å². The van der Waals surface area contributed by atoms with Crippen LogP contribution in [0.4, 0.5) is 10.7 Å². The minimum atomic E-state index is -0.202. The first-order valence-corrected chi connectivity index (χ1v) is 7.83. The zero-order valence-corrected chi connectivity index (χ0v) is 13.1. The SMILES string of the molecule is CCc1nc(NC(=O)N2CCN(C(=O)C3CC3)CC2)nn1C. The number of hydrogen-bond acceptors (Lipinski definition) is 4. The molecule has 8 nitrogen and oxygen atoms in total. The van der Waals surface area contributed by atoms with Gasteiger partial charge in [-0.15, -0.1) is 5.10 Å². The van der Waals surface area contributed by atoms with Gasteiger partial charge in [-0.3, -0.25) is 14.8 Å². The fourth-order valence-corrected chi connectivity index (χ4v) is 2.67. The van der Waals surface area contributed by atoms with Gasteiger partial charge in [-0.1, -0.05) is 6.92 Å². The summed E-state index contributed by atoms with van der Waals surface area (Å²) in [6, 6.07) is -0.202. The average Bonchev–Trinajstić information content (AvgIpc) is 3.31. The molecule has 0 radical (unpaired) electrons. The third-order valence-corrected chi connectivity index (χ3v) is 4.19. The van der Waals surface area contributed by atoms with E-state index in [0.717, 1.165) is 25.1 Å². The lowest BCUT2D eigenvalue weighted by Crippen LogP contribution is -2.52. The molecule has 3 rings (SSSR count). The Morgan fingerprint density at radius 3 is 2.36 bits per heavy atom. The van der Waals surface area contributed by atoms with E-state index in [1.165, 1.54) is 0 Å². The van der Waals surface area contributed by atoms with Crippen LogP contribution in [0.25, 0.3) is 0 Å². The highest BCUT2D eigenvalue weighted by molar-refractivity contribution is 5.88. The largest absolute Gasteiger partial charge is 0.339 e. The topological polar surface area (TPSA) is 83.4 Å². The van der Waals surface area contributed by atoms with Gasteiger partial charge in [0.1, 0.15) is 5.82 Å². The van der Waals surface area contributed by atoms with Crippen LogP contribution in [-0.2, 0) is 18.3 Å². The van der Waals surface area contributed by atoms with Crippen molar-refractivity contribution in [3.05, 3.63) is 5.82 Å². The van der Waals surface area contributed by atoms with E-state index in [0.29, 0.717) is 32.1 Å². The van der Waals surface area contributed by atoms with Gasteiger partial charge in [0, 0.05) is 45.6 Å². The quantitative estimate of drug-likeness (QED) is 0.879. The summed E-state index contributed by atoms with van der Waals surface area (Å²) < 4.78 is 1.67. The molecule has 1 aliphatic carbocycles. The van der Waals surface area contributed by atoms with Gasteiger partial charge < -0.3 is 9.80 Å². The first kappa shape index (κ1) is 14.8. The molecule has 0 aromatic carbocycles. The van der Waals surface area contributed by atoms with Crippen molar-refractivity contribution >= 4 is 17.9 Å². The van der Waals surface area contributed by atoms with Crippen LogP contribution in [-0.4, -0.2) is 62.7 Å². The number of aromatic nitrogens is 3. The summed E-state index contributed by atoms with van der Waals surface area (Å²) in [5.74, 6) is 1.65. The molecule has 0 spiro atoms. The van der Waals surface area contributed by atoms with Crippen molar-refractivity contribution < 1.29 is 9.59 Å². The third kappa shape index (κ3) is 3.05. The normalized spacial score (nSPS) is 18.5. The van der Waals surface area contributed by atoms with Crippen molar-refractivity contribution in [1.82, 2.24) is 24.6 Å². The molecule has 1 aliphatic heterocycles. The monoisotopic (exact) mass is 306 g/mol. The number of rotatable bonds is 3. The standard InChI is InChI=1S/C14H22N6O2/c1-3-11-15-13(17-18(11)2)16-14(22)20-8-6-19(7-9-20)12(21)10-4-5-10/h10H,3-9H2,1-2H3,(H,16,17,22). The number of piperazine rings is 1. The lowest BCUT2D eigenvalue weighted by molar-refractivity contribution is -0.133. The average molecular weight is 306 g/mol. The number of nitrogens with zero attached hydrogens (tertiary/aromatic N) is 5. The summed E-state index contributed by atoms with van der Waals surface area (Å²) in [6.45, 7) is 4.32. The van der Waals surface area contributed by atoms with Crippen LogP contribution in [0.3, 0.4) is 0 Å². The smallest absolute Gasteiger partial charge is 0.324 e. The number of amides is 3. The molecule has 1 aromatic heterocycles. The number of carbonyl (C=O) groups is 2. The molecule has 1 saturated heterocycles. The van der Waals surface area contributed by atoms with E-state index >= 15 is 0 Å². The molecule has 3 amide bonds. The Morgan fingerprint density at radius 1 is 1.18 bits per heavy atom. The number of aryl methyl sites for hydroxylation is 2. The van der Waals surface area contributed by atoms with E-state index in [2.05, 4.69) is 15.4 Å². The Hall–Kier alpha value is -2.12. The Morgan fingerprint density at radius 2 is 1.82 bits per heavy atom. The number of hydrogen-bond donors (Lipinski definition) is 1. The van der Waals surface area contributed by atoms with Gasteiger partial charge in [-0.05, 0) is 12.8 Å². The van der Waals surface area contributed by atoms with Crippen LogP contribution >= 0.6 is 0 Å². The molecule has 0 unspecified atom stereocenters. The van der Waals surface area contributed by atoms with Crippen LogP contribution in [0, 0.1) is 5.92 Å². The lowest BCUT2D eigenvalue weighted by atomic mass is 10.3. The highest BCUT2D eigenvalue weighted by atomic mass is 16.2. The van der Waals surface area contributed by atoms with Crippen LogP contribution in [0.2, 0.25) is 0 Å². The zero-order valence-electron chi connectivity index (χ0n) is 13.1. The number of urea groups is 1. The molecule has 2 aliphatic rings. The second kappa shape index (κ2) is 5.94. The zero-order chi connectivity index (χ0) is 15.7. The Balaban J connectivity index is 1.51. The molecule has 2 heterocycles. The molecule has 0 bridgehead atoms. The minimum Gasteiger partial charge on any atom is -0.339 e. The van der Waals surface area contributed by atoms with Gasteiger partial charge in [0.25, 0.3) is 0 Å². The van der Waals surface area contributed by atoms with Crippen LogP contribution in [0.5, 0.6) is 0 Å². The molecule has 0 atom stereocenters. The van der Waals surface area contributed by atoms with Gasteiger partial charge in [0.2, 0.25) is 11.9 Å². The van der Waals surface area contributed by atoms with E-state index in [1.54, 1.807) is 9.58 Å². The Kier molecular flexibility index (Phi) is 4.00. The van der Waals surface area contributed by atoms with Crippen molar-refractivity contribution in [1.29, 1.82) is 0 Å². The maximum atomic E-state index is 12.2. The molecule has 22 heavy (non-hydrogen) atoms. The lowest BCUT2D eigenvalue weighted by Gasteiger charge is -2.34. The number of anilines is 1. The maximum Gasteiger partial charge on any atom is 0.324 e. The van der Waals surface area contributed by atoms with E-state index < -0.39 is 0 Å².